The molecule has 2 aromatic heterocycles. The summed E-state index contributed by atoms with van der Waals surface area (Å²) in [5, 5.41) is 12.6. The van der Waals surface area contributed by atoms with Crippen molar-refractivity contribution in [2.45, 2.75) is 131 Å². The third kappa shape index (κ3) is 10.1. The molecule has 0 aliphatic carbocycles. The zero-order valence-electron chi connectivity index (χ0n) is 51.9. The van der Waals surface area contributed by atoms with Crippen LogP contribution in [0.2, 0.25) is 0 Å². The van der Waals surface area contributed by atoms with Gasteiger partial charge in [-0.3, -0.25) is 9.55 Å². The number of hydrogen-bond acceptors (Lipinski definition) is 3. The first kappa shape index (κ1) is 43.1. The Kier molecular flexibility index (Phi) is 12.8. The fourth-order valence-corrected chi connectivity index (χ4v) is 10.3. The zero-order valence-corrected chi connectivity index (χ0v) is 46.1. The molecule has 9 rings (SSSR count). The molecule has 0 radical (unpaired) electrons. The van der Waals surface area contributed by atoms with Crippen LogP contribution in [0.3, 0.4) is 0 Å². The third-order valence-corrected chi connectivity index (χ3v) is 15.7. The van der Waals surface area contributed by atoms with Crippen molar-refractivity contribution in [3.63, 3.8) is 0 Å². The number of para-hydroxylation sites is 1. The number of fused-ring (bicyclic) bond motifs is 1. The second kappa shape index (κ2) is 21.6. The number of aromatic hydroxyl groups is 1. The molecule has 0 unspecified atom stereocenters. The van der Waals surface area contributed by atoms with Gasteiger partial charge in [0.1, 0.15) is 11.6 Å². The Morgan fingerprint density at radius 2 is 1.26 bits per heavy atom. The molecule has 73 heavy (non-hydrogen) atoms. The van der Waals surface area contributed by atoms with E-state index in [1.165, 1.54) is 11.1 Å². The Hall–Kier alpha value is -6.35. The summed E-state index contributed by atoms with van der Waals surface area (Å²) in [5.74, 6) is -2.40. The summed E-state index contributed by atoms with van der Waals surface area (Å²) in [6, 6.07) is 50.2. The van der Waals surface area contributed by atoms with E-state index < -0.39 is 25.5 Å². The number of aryl methyl sites for hydroxylation is 2. The van der Waals surface area contributed by atoms with E-state index in [0.717, 1.165) is 59.1 Å². The maximum atomic E-state index is 12.6. The Labute approximate surface area is 461 Å². The molecule has 0 amide bonds. The number of phenolic OH excluding ortho intramolecular Hbond substituents is 1. The molecule has 0 bridgehead atoms. The van der Waals surface area contributed by atoms with E-state index in [9.17, 15) is 12.0 Å². The van der Waals surface area contributed by atoms with Gasteiger partial charge in [0.25, 0.3) is 0 Å². The van der Waals surface area contributed by atoms with Crippen LogP contribution in [0.25, 0.3) is 83.9 Å². The average Bonchev–Trinajstić information content (AvgIpc) is 4.12. The second-order valence-electron chi connectivity index (χ2n) is 20.4. The van der Waals surface area contributed by atoms with E-state index in [4.69, 9.17) is 14.1 Å². The first-order chi connectivity index (χ1) is 37.6. The minimum atomic E-state index is -2.64. The molecule has 0 fully saturated rings. The van der Waals surface area contributed by atoms with Crippen molar-refractivity contribution < 1.29 is 37.1 Å². The van der Waals surface area contributed by atoms with Crippen LogP contribution in [-0.2, 0) is 31.9 Å². The van der Waals surface area contributed by atoms with Gasteiger partial charge >= 0.3 is 0 Å². The molecule has 0 saturated heterocycles. The predicted molar refractivity (Wildman–Crippen MR) is 306 cm³/mol. The molecule has 0 saturated carbocycles. The van der Waals surface area contributed by atoms with Gasteiger partial charge < -0.3 is 5.11 Å². The molecule has 7 aromatic carbocycles. The second-order valence-corrected chi connectivity index (χ2v) is 20.4. The Balaban J connectivity index is 0.00000860. The number of imidazole rings is 1. The van der Waals surface area contributed by atoms with Gasteiger partial charge in [-0.05, 0) is 148 Å². The van der Waals surface area contributed by atoms with Gasteiger partial charge in [0.05, 0.1) is 22.3 Å². The van der Waals surface area contributed by atoms with Crippen LogP contribution in [0.15, 0.2) is 152 Å². The van der Waals surface area contributed by atoms with Crippen LogP contribution in [-0.4, -0.2) is 19.6 Å². The summed E-state index contributed by atoms with van der Waals surface area (Å²) >= 11 is 0. The van der Waals surface area contributed by atoms with Crippen molar-refractivity contribution in [2.75, 3.05) is 0 Å². The van der Waals surface area contributed by atoms with Crippen molar-refractivity contribution in [3.05, 3.63) is 191 Å². The van der Waals surface area contributed by atoms with Crippen LogP contribution in [0.5, 0.6) is 5.75 Å². The summed E-state index contributed by atoms with van der Waals surface area (Å²) in [5.41, 5.74) is 12.9. The van der Waals surface area contributed by atoms with E-state index in [1.807, 2.05) is 102 Å². The molecular weight excluding hydrogens is 1070 g/mol. The number of rotatable bonds is 15. The Morgan fingerprint density at radius 1 is 0.616 bits per heavy atom. The summed E-state index contributed by atoms with van der Waals surface area (Å²) in [6.45, 7) is 15.5. The first-order valence-electron chi connectivity index (χ1n) is 29.5. The molecule has 2 heterocycles. The van der Waals surface area contributed by atoms with Gasteiger partial charge in [-0.15, -0.1) is 23.8 Å². The summed E-state index contributed by atoms with van der Waals surface area (Å²) in [4.78, 5) is 10.3. The fraction of sp³-hybridized carbons (Fsp3) is 0.294. The zero-order chi connectivity index (χ0) is 57.9. The first-order valence-corrected chi connectivity index (χ1v) is 25.5. The molecule has 4 nitrogen and oxygen atoms in total. The van der Waals surface area contributed by atoms with Crippen molar-refractivity contribution in [1.29, 1.82) is 0 Å². The maximum absolute atomic E-state index is 12.6. The summed E-state index contributed by atoms with van der Waals surface area (Å²) in [7, 11) is 0. The molecule has 9 aromatic rings. The maximum Gasteiger partial charge on any atom is 0.148 e. The topological polar surface area (TPSA) is 50.9 Å². The van der Waals surface area contributed by atoms with Crippen LogP contribution in [0.4, 0.5) is 0 Å². The van der Waals surface area contributed by atoms with E-state index in [2.05, 4.69) is 71.9 Å². The van der Waals surface area contributed by atoms with E-state index in [0.29, 0.717) is 50.2 Å². The summed E-state index contributed by atoms with van der Waals surface area (Å²) in [6.07, 6.45) is 5.29. The monoisotopic (exact) mass is 1150 g/mol. The minimum Gasteiger partial charge on any atom is -0.507 e. The minimum absolute atomic E-state index is 0. The molecule has 0 aliphatic heterocycles. The van der Waals surface area contributed by atoms with Gasteiger partial charge in [-0.25, -0.2) is 4.98 Å². The van der Waals surface area contributed by atoms with Crippen molar-refractivity contribution in [1.82, 2.24) is 14.5 Å². The average molecular weight is 1150 g/mol. The van der Waals surface area contributed by atoms with E-state index in [-0.39, 0.29) is 60.2 Å². The number of nitrogens with zero attached hydrogens (tertiary/aromatic N) is 3. The molecule has 5 heteroatoms. The normalized spacial score (nSPS) is 14.2. The van der Waals surface area contributed by atoms with Crippen molar-refractivity contribution in [2.24, 2.45) is 0 Å². The van der Waals surface area contributed by atoms with Gasteiger partial charge in [0, 0.05) is 43.9 Å². The van der Waals surface area contributed by atoms with Crippen LogP contribution < -0.4 is 0 Å². The predicted octanol–water partition coefficient (Wildman–Crippen LogP) is 18.9. The molecule has 1 N–H and O–H groups in total. The van der Waals surface area contributed by atoms with Gasteiger partial charge in [0.15, 0.2) is 0 Å². The van der Waals surface area contributed by atoms with E-state index in [1.54, 1.807) is 58.2 Å². The number of phenols is 1. The van der Waals surface area contributed by atoms with Crippen LogP contribution in [0.1, 0.15) is 151 Å². The SMILES string of the molecule is [2H]C([2H])([2H])c1ccc(-c2ccnc(-c3[c-]c(-c4cccc5c4nc(-c4cc(C([2H])(C)C)cc(C([2H])(C)C)c4O)n5-c4ccc(-c5c(C(C)(CC)CC)cccc5C(C)(CC)CC)cc4C([2H])([2H])[2H])cc(-c4ccccc4)c3)c2)cc1.[Pt]. The number of benzene rings is 7. The Bertz CT molecular complexity index is 3710. The molecular formula is C68H72N3OPt-. The largest absolute Gasteiger partial charge is 0.507 e. The molecule has 376 valence electrons. The smallest absolute Gasteiger partial charge is 0.148 e. The summed E-state index contributed by atoms with van der Waals surface area (Å²) < 4.78 is 72.3. The van der Waals surface area contributed by atoms with Crippen LogP contribution >= 0.6 is 0 Å². The van der Waals surface area contributed by atoms with Crippen molar-refractivity contribution in [3.8, 4) is 78.6 Å². The quantitative estimate of drug-likeness (QED) is 0.104. The number of hydrogen-bond donors (Lipinski definition) is 1. The third-order valence-electron chi connectivity index (χ3n) is 15.7. The van der Waals surface area contributed by atoms with Crippen LogP contribution in [0, 0.1) is 19.8 Å². The van der Waals surface area contributed by atoms with Gasteiger partial charge in [-0.1, -0.05) is 195 Å². The number of pyridine rings is 1. The van der Waals surface area contributed by atoms with E-state index >= 15 is 0 Å². The van der Waals surface area contributed by atoms with Gasteiger partial charge in [-0.2, -0.15) is 0 Å². The standard InChI is InChI=1S/C68H72N3O.Pt/c1-13-67(11,14-2)58-25-21-26-59(68(12,15-3)16-4)63(58)50-32-33-61(46(10)36-50)71-62-27-20-24-55(64(62)70-66(71)57-41-51(43(5)6)40-56(44(7)8)65(57)72)53-37-52(47-22-18-17-19-23-47)38-54(39-53)60-42-49(34-35-69-60)48-30-28-45(9)29-31-48;/h17-38,40-44,72H,13-16H2,1-12H3;/q-1;/i9D3,10D3,43D,44D;. The van der Waals surface area contributed by atoms with Crippen molar-refractivity contribution >= 4 is 11.0 Å². The van der Waals surface area contributed by atoms with Gasteiger partial charge in [0.2, 0.25) is 0 Å². The Morgan fingerprint density at radius 3 is 1.89 bits per heavy atom. The molecule has 0 spiro atoms. The molecule has 0 aliphatic rings. The molecule has 0 atom stereocenters. The number of aromatic nitrogens is 3. The fourth-order valence-electron chi connectivity index (χ4n) is 10.3.